The van der Waals surface area contributed by atoms with Crippen molar-refractivity contribution in [3.05, 3.63) is 35.4 Å². The summed E-state index contributed by atoms with van der Waals surface area (Å²) in [5.41, 5.74) is 7.41. The van der Waals surface area contributed by atoms with E-state index in [4.69, 9.17) is 5.73 Å². The zero-order chi connectivity index (χ0) is 14.4. The normalized spacial score (nSPS) is 18.4. The van der Waals surface area contributed by atoms with E-state index >= 15 is 0 Å². The van der Waals surface area contributed by atoms with Gasteiger partial charge in [-0.25, -0.2) is 12.7 Å². The van der Waals surface area contributed by atoms with E-state index in [1.165, 1.54) is 6.42 Å². The number of nitrogens with zero attached hydrogens (tertiary/aromatic N) is 1. The maximum Gasteiger partial charge on any atom is 0.218 e. The van der Waals surface area contributed by atoms with E-state index in [-0.39, 0.29) is 5.75 Å². The molecule has 0 radical (unpaired) electrons. The van der Waals surface area contributed by atoms with E-state index in [1.807, 2.05) is 24.3 Å². The molecule has 0 saturated carbocycles. The summed E-state index contributed by atoms with van der Waals surface area (Å²) in [7, 11) is -3.19. The summed E-state index contributed by atoms with van der Waals surface area (Å²) in [5, 5.41) is 0. The maximum atomic E-state index is 12.5. The Bertz CT molecular complexity index is 503. The molecular weight excluding hydrogens is 272 g/mol. The van der Waals surface area contributed by atoms with Crippen molar-refractivity contribution < 1.29 is 8.42 Å². The fraction of sp³-hybridized carbons (Fsp3) is 0.600. The molecule has 1 aromatic carbocycles. The van der Waals surface area contributed by atoms with Crippen LogP contribution in [0.2, 0.25) is 0 Å². The lowest BCUT2D eigenvalue weighted by molar-refractivity contribution is 0.364. The van der Waals surface area contributed by atoms with Gasteiger partial charge in [0.1, 0.15) is 0 Å². The van der Waals surface area contributed by atoms with Gasteiger partial charge in [0.25, 0.3) is 0 Å². The van der Waals surface area contributed by atoms with Gasteiger partial charge in [-0.1, -0.05) is 43.5 Å². The number of hydrogen-bond acceptors (Lipinski definition) is 3. The molecule has 1 aromatic rings. The molecule has 0 aromatic heterocycles. The van der Waals surface area contributed by atoms with Gasteiger partial charge in [0, 0.05) is 19.6 Å². The smallest absolute Gasteiger partial charge is 0.218 e. The van der Waals surface area contributed by atoms with Crippen molar-refractivity contribution in [2.75, 3.05) is 13.1 Å². The first-order valence-electron chi connectivity index (χ1n) is 7.37. The average molecular weight is 296 g/mol. The largest absolute Gasteiger partial charge is 0.326 e. The highest BCUT2D eigenvalue weighted by atomic mass is 32.2. The number of rotatable bonds is 4. The van der Waals surface area contributed by atoms with Crippen molar-refractivity contribution in [2.45, 2.75) is 44.4 Å². The Balaban J connectivity index is 2.04. The van der Waals surface area contributed by atoms with Gasteiger partial charge in [0.2, 0.25) is 10.0 Å². The van der Waals surface area contributed by atoms with E-state index in [0.717, 1.165) is 36.8 Å². The minimum Gasteiger partial charge on any atom is -0.326 e. The molecule has 20 heavy (non-hydrogen) atoms. The summed E-state index contributed by atoms with van der Waals surface area (Å²) in [6, 6.07) is 7.53. The Morgan fingerprint density at radius 2 is 1.40 bits per heavy atom. The van der Waals surface area contributed by atoms with Crippen molar-refractivity contribution in [1.82, 2.24) is 4.31 Å². The molecule has 0 amide bonds. The highest BCUT2D eigenvalue weighted by Gasteiger charge is 2.22. The third-order valence-corrected chi connectivity index (χ3v) is 5.67. The molecule has 0 aliphatic carbocycles. The lowest BCUT2D eigenvalue weighted by atomic mass is 10.1. The molecule has 2 N–H and O–H groups in total. The highest BCUT2D eigenvalue weighted by Crippen LogP contribution is 2.17. The van der Waals surface area contributed by atoms with Gasteiger partial charge < -0.3 is 5.73 Å². The Morgan fingerprint density at radius 1 is 0.900 bits per heavy atom. The fourth-order valence-corrected chi connectivity index (χ4v) is 4.18. The zero-order valence-electron chi connectivity index (χ0n) is 11.9. The topological polar surface area (TPSA) is 63.4 Å². The van der Waals surface area contributed by atoms with E-state index in [2.05, 4.69) is 0 Å². The van der Waals surface area contributed by atoms with Gasteiger partial charge in [0.05, 0.1) is 5.75 Å². The summed E-state index contributed by atoms with van der Waals surface area (Å²) >= 11 is 0. The van der Waals surface area contributed by atoms with Gasteiger partial charge in [-0.3, -0.25) is 0 Å². The van der Waals surface area contributed by atoms with Crippen LogP contribution in [0.4, 0.5) is 0 Å². The fourth-order valence-electron chi connectivity index (χ4n) is 2.57. The van der Waals surface area contributed by atoms with Crippen LogP contribution in [0, 0.1) is 0 Å². The second-order valence-electron chi connectivity index (χ2n) is 5.44. The van der Waals surface area contributed by atoms with E-state index in [0.29, 0.717) is 19.6 Å². The Kier molecular flexibility index (Phi) is 5.57. The highest BCUT2D eigenvalue weighted by molar-refractivity contribution is 7.88. The SMILES string of the molecule is NCc1ccc(CS(=O)(=O)N2CCCCCCC2)cc1. The number of benzene rings is 1. The van der Waals surface area contributed by atoms with Gasteiger partial charge in [-0.05, 0) is 24.0 Å². The molecule has 0 atom stereocenters. The van der Waals surface area contributed by atoms with Crippen molar-refractivity contribution in [1.29, 1.82) is 0 Å². The number of hydrogen-bond donors (Lipinski definition) is 1. The first-order chi connectivity index (χ1) is 9.62. The van der Waals surface area contributed by atoms with Crippen molar-refractivity contribution in [2.24, 2.45) is 5.73 Å². The number of nitrogens with two attached hydrogens (primary N) is 1. The van der Waals surface area contributed by atoms with Gasteiger partial charge in [-0.15, -0.1) is 0 Å². The van der Waals surface area contributed by atoms with E-state index in [1.54, 1.807) is 4.31 Å². The Morgan fingerprint density at radius 3 is 1.95 bits per heavy atom. The molecule has 1 saturated heterocycles. The third kappa shape index (κ3) is 4.30. The molecule has 0 bridgehead atoms. The quantitative estimate of drug-likeness (QED) is 0.927. The van der Waals surface area contributed by atoms with Crippen LogP contribution in [-0.2, 0) is 22.3 Å². The Hall–Kier alpha value is -0.910. The van der Waals surface area contributed by atoms with Crippen LogP contribution in [0.15, 0.2) is 24.3 Å². The second kappa shape index (κ2) is 7.20. The minimum absolute atomic E-state index is 0.0951. The molecule has 5 heteroatoms. The van der Waals surface area contributed by atoms with Crippen LogP contribution >= 0.6 is 0 Å². The molecule has 1 aliphatic heterocycles. The summed E-state index contributed by atoms with van der Waals surface area (Å²) in [4.78, 5) is 0. The Labute approximate surface area is 122 Å². The summed E-state index contributed by atoms with van der Waals surface area (Å²) < 4.78 is 26.6. The molecule has 1 fully saturated rings. The number of sulfonamides is 1. The van der Waals surface area contributed by atoms with Crippen LogP contribution in [-0.4, -0.2) is 25.8 Å². The standard InChI is InChI=1S/C15H24N2O2S/c16-12-14-6-8-15(9-7-14)13-20(18,19)17-10-4-2-1-3-5-11-17/h6-9H,1-5,10-13,16H2. The van der Waals surface area contributed by atoms with Gasteiger partial charge >= 0.3 is 0 Å². The predicted octanol–water partition coefficient (Wildman–Crippen LogP) is 2.24. The molecule has 1 aliphatic rings. The van der Waals surface area contributed by atoms with Crippen LogP contribution in [0.5, 0.6) is 0 Å². The lowest BCUT2D eigenvalue weighted by Gasteiger charge is -2.24. The van der Waals surface area contributed by atoms with Crippen molar-refractivity contribution in [3.63, 3.8) is 0 Å². The van der Waals surface area contributed by atoms with Crippen molar-refractivity contribution >= 4 is 10.0 Å². The van der Waals surface area contributed by atoms with Crippen LogP contribution in [0.25, 0.3) is 0 Å². The summed E-state index contributed by atoms with van der Waals surface area (Å²) in [5.74, 6) is 0.0951. The first-order valence-corrected chi connectivity index (χ1v) is 8.98. The van der Waals surface area contributed by atoms with Gasteiger partial charge in [0.15, 0.2) is 0 Å². The third-order valence-electron chi connectivity index (χ3n) is 3.82. The molecule has 2 rings (SSSR count). The average Bonchev–Trinajstić information content (AvgIpc) is 2.38. The monoisotopic (exact) mass is 296 g/mol. The molecule has 0 spiro atoms. The van der Waals surface area contributed by atoms with Crippen LogP contribution in [0.3, 0.4) is 0 Å². The van der Waals surface area contributed by atoms with E-state index in [9.17, 15) is 8.42 Å². The second-order valence-corrected chi connectivity index (χ2v) is 7.41. The van der Waals surface area contributed by atoms with E-state index < -0.39 is 10.0 Å². The molecule has 112 valence electrons. The minimum atomic E-state index is -3.19. The van der Waals surface area contributed by atoms with Crippen LogP contribution in [0.1, 0.15) is 43.2 Å². The summed E-state index contributed by atoms with van der Waals surface area (Å²) in [6.07, 6.45) is 5.46. The summed E-state index contributed by atoms with van der Waals surface area (Å²) in [6.45, 7) is 1.82. The maximum absolute atomic E-state index is 12.5. The first kappa shape index (κ1) is 15.5. The lowest BCUT2D eigenvalue weighted by Crippen LogP contribution is -2.34. The van der Waals surface area contributed by atoms with Crippen molar-refractivity contribution in [3.8, 4) is 0 Å². The zero-order valence-corrected chi connectivity index (χ0v) is 12.7. The predicted molar refractivity (Wildman–Crippen MR) is 81.6 cm³/mol. The van der Waals surface area contributed by atoms with Gasteiger partial charge in [-0.2, -0.15) is 0 Å². The molecule has 0 unspecified atom stereocenters. The molecule has 1 heterocycles. The molecular formula is C15H24N2O2S. The van der Waals surface area contributed by atoms with Crippen LogP contribution < -0.4 is 5.73 Å². The molecule has 4 nitrogen and oxygen atoms in total.